The highest BCUT2D eigenvalue weighted by molar-refractivity contribution is 5.70. The molecule has 3 unspecified atom stereocenters. The number of carboxylic acid groups (broad SMARTS) is 3. The van der Waals surface area contributed by atoms with Crippen molar-refractivity contribution in [1.29, 1.82) is 0 Å². The summed E-state index contributed by atoms with van der Waals surface area (Å²) < 4.78 is 0.217. The van der Waals surface area contributed by atoms with E-state index in [1.54, 1.807) is 6.92 Å². The summed E-state index contributed by atoms with van der Waals surface area (Å²) in [7, 11) is 0. The number of carbonyl (C=O) groups is 3. The molecule has 0 rings (SSSR count). The van der Waals surface area contributed by atoms with E-state index in [1.807, 2.05) is 13.8 Å². The van der Waals surface area contributed by atoms with Crippen molar-refractivity contribution in [2.45, 2.75) is 175 Å². The zero-order valence-electron chi connectivity index (χ0n) is 30.5. The van der Waals surface area contributed by atoms with E-state index in [0.29, 0.717) is 25.8 Å². The highest BCUT2D eigenvalue weighted by Gasteiger charge is 2.39. The van der Waals surface area contributed by atoms with E-state index in [2.05, 4.69) is 19.1 Å². The second kappa shape index (κ2) is 29.3. The van der Waals surface area contributed by atoms with Gasteiger partial charge in [0, 0.05) is 5.92 Å². The zero-order chi connectivity index (χ0) is 34.5. The molecular weight excluding hydrogens is 578 g/mol. The van der Waals surface area contributed by atoms with Gasteiger partial charge in [-0.05, 0) is 57.8 Å². The molecule has 0 amide bonds. The summed E-state index contributed by atoms with van der Waals surface area (Å²) in [4.78, 5) is 35.9. The third-order valence-electron chi connectivity index (χ3n) is 9.98. The largest absolute Gasteiger partial charge is 0.550 e. The number of unbranched alkanes of at least 4 members (excludes halogenated alkanes) is 18. The number of carboxylic acids is 3. The van der Waals surface area contributed by atoms with Crippen molar-refractivity contribution in [1.82, 2.24) is 0 Å². The van der Waals surface area contributed by atoms with Crippen LogP contribution < -0.4 is 5.11 Å². The van der Waals surface area contributed by atoms with E-state index in [-0.39, 0.29) is 24.1 Å². The fourth-order valence-corrected chi connectivity index (χ4v) is 6.79. The molecule has 0 saturated heterocycles. The van der Waals surface area contributed by atoms with Crippen LogP contribution in [0.15, 0.2) is 12.2 Å². The average Bonchev–Trinajstić information content (AvgIpc) is 3.03. The minimum Gasteiger partial charge on any atom is -0.550 e. The lowest BCUT2D eigenvalue weighted by molar-refractivity contribution is -0.935. The standard InChI is InChI=1S/C39H73NO6/c1-5-9-10-11-12-13-14-15-16-17-18-19-20-21-22-23-24-25-26-27-28-29-30-40(31-34(6-2)37(41)42,32-35(7-3)38(43)44)33-36(8-4)39(45)46/h19-20,34-36H,5-18,21-33H2,1-4H3,(H2-,41,42,43,44,45,46)/b20-19+. The van der Waals surface area contributed by atoms with E-state index in [0.717, 1.165) is 25.7 Å². The number of hydrogen-bond acceptors (Lipinski definition) is 4. The summed E-state index contributed by atoms with van der Waals surface area (Å²) >= 11 is 0. The maximum absolute atomic E-state index is 12.0. The van der Waals surface area contributed by atoms with Gasteiger partial charge >= 0.3 is 11.9 Å². The van der Waals surface area contributed by atoms with Gasteiger partial charge in [0.1, 0.15) is 11.8 Å². The first-order valence-corrected chi connectivity index (χ1v) is 19.3. The van der Waals surface area contributed by atoms with Gasteiger partial charge in [0.25, 0.3) is 0 Å². The number of aliphatic carboxylic acids is 3. The van der Waals surface area contributed by atoms with E-state index in [9.17, 15) is 29.7 Å². The van der Waals surface area contributed by atoms with E-state index >= 15 is 0 Å². The summed E-state index contributed by atoms with van der Waals surface area (Å²) in [5.74, 6) is -4.95. The topological polar surface area (TPSA) is 115 Å². The van der Waals surface area contributed by atoms with Crippen LogP contribution in [0.5, 0.6) is 0 Å². The van der Waals surface area contributed by atoms with Crippen molar-refractivity contribution in [3.05, 3.63) is 12.2 Å². The average molecular weight is 652 g/mol. The number of hydrogen-bond donors (Lipinski definition) is 2. The Balaban J connectivity index is 4.46. The van der Waals surface area contributed by atoms with E-state index in [1.165, 1.54) is 103 Å². The third kappa shape index (κ3) is 22.6. The van der Waals surface area contributed by atoms with Crippen LogP contribution in [-0.4, -0.2) is 58.8 Å². The maximum Gasteiger partial charge on any atom is 0.312 e. The first-order valence-electron chi connectivity index (χ1n) is 19.3. The van der Waals surface area contributed by atoms with Gasteiger partial charge in [-0.3, -0.25) is 9.59 Å². The Kier molecular flexibility index (Phi) is 28.1. The molecule has 0 aromatic rings. The van der Waals surface area contributed by atoms with Crippen LogP contribution in [0.2, 0.25) is 0 Å². The Morgan fingerprint density at radius 3 is 1.17 bits per heavy atom. The molecule has 0 aromatic heterocycles. The molecule has 7 heteroatoms. The van der Waals surface area contributed by atoms with Crippen LogP contribution in [0, 0.1) is 17.8 Å². The summed E-state index contributed by atoms with van der Waals surface area (Å²) in [6, 6.07) is 0. The fraction of sp³-hybridized carbons (Fsp3) is 0.872. The molecule has 0 bridgehead atoms. The first-order chi connectivity index (χ1) is 22.2. The van der Waals surface area contributed by atoms with Crippen molar-refractivity contribution in [3.63, 3.8) is 0 Å². The van der Waals surface area contributed by atoms with Crippen LogP contribution in [0.3, 0.4) is 0 Å². The van der Waals surface area contributed by atoms with Gasteiger partial charge < -0.3 is 24.6 Å². The Labute approximate surface area is 283 Å². The monoisotopic (exact) mass is 652 g/mol. The van der Waals surface area contributed by atoms with E-state index < -0.39 is 35.7 Å². The molecule has 0 aliphatic carbocycles. The van der Waals surface area contributed by atoms with Gasteiger partial charge in [-0.2, -0.15) is 0 Å². The molecule has 0 radical (unpaired) electrons. The normalized spacial score (nSPS) is 15.0. The van der Waals surface area contributed by atoms with Crippen LogP contribution >= 0.6 is 0 Å². The smallest absolute Gasteiger partial charge is 0.312 e. The van der Waals surface area contributed by atoms with Gasteiger partial charge in [-0.25, -0.2) is 0 Å². The Morgan fingerprint density at radius 2 is 0.848 bits per heavy atom. The van der Waals surface area contributed by atoms with Gasteiger partial charge in [-0.1, -0.05) is 130 Å². The van der Waals surface area contributed by atoms with Crippen LogP contribution in [-0.2, 0) is 14.4 Å². The highest BCUT2D eigenvalue weighted by atomic mass is 16.4. The van der Waals surface area contributed by atoms with Crippen LogP contribution in [0.25, 0.3) is 0 Å². The fourth-order valence-electron chi connectivity index (χ4n) is 6.79. The summed E-state index contributed by atoms with van der Waals surface area (Å²) in [6.45, 7) is 9.06. The molecule has 0 saturated carbocycles. The van der Waals surface area contributed by atoms with Crippen molar-refractivity contribution < 1.29 is 34.2 Å². The minimum absolute atomic E-state index is 0.217. The number of rotatable bonds is 34. The zero-order valence-corrected chi connectivity index (χ0v) is 30.5. The van der Waals surface area contributed by atoms with Gasteiger partial charge in [-0.15, -0.1) is 0 Å². The lowest BCUT2D eigenvalue weighted by Crippen LogP contribution is -2.59. The number of quaternary nitrogens is 1. The second-order valence-corrected chi connectivity index (χ2v) is 14.0. The molecule has 3 atom stereocenters. The van der Waals surface area contributed by atoms with Gasteiger partial charge in [0.15, 0.2) is 0 Å². The maximum atomic E-state index is 12.0. The Morgan fingerprint density at radius 1 is 0.522 bits per heavy atom. The van der Waals surface area contributed by atoms with Crippen LogP contribution in [0.4, 0.5) is 0 Å². The molecule has 46 heavy (non-hydrogen) atoms. The predicted octanol–water partition coefficient (Wildman–Crippen LogP) is 9.18. The molecule has 7 nitrogen and oxygen atoms in total. The molecular formula is C39H73NO6. The summed E-state index contributed by atoms with van der Waals surface area (Å²) in [5.41, 5.74) is 0. The predicted molar refractivity (Wildman–Crippen MR) is 189 cm³/mol. The number of allylic oxidation sites excluding steroid dienone is 2. The van der Waals surface area contributed by atoms with Crippen LogP contribution in [0.1, 0.15) is 175 Å². The van der Waals surface area contributed by atoms with Crippen molar-refractivity contribution in [3.8, 4) is 0 Å². The molecule has 0 spiro atoms. The SMILES string of the molecule is CCCCCCCCCCCC/C=C/CCCCCCCCCC[N+](CC(CC)C(=O)[O-])(CC(CC)C(=O)O)CC(CC)C(=O)O. The van der Waals surface area contributed by atoms with Crippen molar-refractivity contribution >= 4 is 17.9 Å². The van der Waals surface area contributed by atoms with Gasteiger partial charge in [0.05, 0.1) is 32.1 Å². The molecule has 0 heterocycles. The number of nitrogens with zero attached hydrogens (tertiary/aromatic N) is 1. The molecule has 270 valence electrons. The Hall–Kier alpha value is -1.89. The quantitative estimate of drug-likeness (QED) is 0.0407. The summed E-state index contributed by atoms with van der Waals surface area (Å²) in [5, 5.41) is 31.6. The van der Waals surface area contributed by atoms with E-state index in [4.69, 9.17) is 0 Å². The molecule has 0 aliphatic heterocycles. The highest BCUT2D eigenvalue weighted by Crippen LogP contribution is 2.25. The molecule has 0 aromatic carbocycles. The second-order valence-electron chi connectivity index (χ2n) is 14.0. The minimum atomic E-state index is -1.14. The lowest BCUT2D eigenvalue weighted by atomic mass is 9.95. The number of carbonyl (C=O) groups excluding carboxylic acids is 1. The van der Waals surface area contributed by atoms with Gasteiger partial charge in [0.2, 0.25) is 0 Å². The summed E-state index contributed by atoms with van der Waals surface area (Å²) in [6.07, 6.45) is 31.2. The first kappa shape index (κ1) is 44.1. The Bertz CT molecular complexity index is 738. The van der Waals surface area contributed by atoms with Crippen molar-refractivity contribution in [2.24, 2.45) is 17.8 Å². The molecule has 2 N–H and O–H groups in total. The van der Waals surface area contributed by atoms with Crippen molar-refractivity contribution in [2.75, 3.05) is 26.2 Å². The molecule has 0 aliphatic rings. The third-order valence-corrected chi connectivity index (χ3v) is 9.98. The lowest BCUT2D eigenvalue weighted by Gasteiger charge is -2.44. The molecule has 0 fully saturated rings.